The molecule has 0 unspecified atom stereocenters. The van der Waals surface area contributed by atoms with Crippen molar-refractivity contribution in [1.29, 1.82) is 0 Å². The van der Waals surface area contributed by atoms with E-state index in [1.807, 2.05) is 19.1 Å². The van der Waals surface area contributed by atoms with Gasteiger partial charge in [0.15, 0.2) is 5.78 Å². The number of allylic oxidation sites excluding steroid dienone is 3. The Morgan fingerprint density at radius 1 is 0.930 bits per heavy atom. The first-order chi connectivity index (χ1) is 27.3. The van der Waals surface area contributed by atoms with Gasteiger partial charge in [0, 0.05) is 74.1 Å². The lowest BCUT2D eigenvalue weighted by atomic mass is 9.85. The van der Waals surface area contributed by atoms with Crippen molar-refractivity contribution in [3.63, 3.8) is 0 Å². The summed E-state index contributed by atoms with van der Waals surface area (Å²) in [7, 11) is 1.32. The van der Waals surface area contributed by atoms with Crippen LogP contribution in [-0.2, 0) is 25.5 Å². The number of hydrogen-bond acceptors (Lipinski definition) is 6. The third kappa shape index (κ3) is 8.21. The molecule has 0 amide bonds. The maximum atomic E-state index is 14.3. The van der Waals surface area contributed by atoms with E-state index in [0.29, 0.717) is 23.3 Å². The molecular formula is C48H62N4O5. The van der Waals surface area contributed by atoms with Crippen molar-refractivity contribution in [2.75, 3.05) is 13.7 Å². The molecule has 3 aliphatic rings. The number of fused-ring (bicyclic) bond motifs is 7. The summed E-state index contributed by atoms with van der Waals surface area (Å²) in [5, 5.41) is 5.64. The highest BCUT2D eigenvalue weighted by atomic mass is 16.5. The fourth-order valence-electron chi connectivity index (χ4n) is 9.15. The SMILES string of the molecule is C=Cc1c2[nH]c(c1C)/C=C1\N/C(=C3\c4[nH]c(c(C)c4C(=O)[C@@H]3C(=O)OC)/C=c3\[nH]/c(c(C)c3CC)=C\2)[C@@H](CCC(=O)OC/C=C(/C)CCC[C@H](C)CCCC)[C@@H]1C. The molecule has 2 aliphatic heterocycles. The van der Waals surface area contributed by atoms with E-state index in [1.165, 1.54) is 43.9 Å². The summed E-state index contributed by atoms with van der Waals surface area (Å²) in [6.45, 7) is 21.5. The Labute approximate surface area is 337 Å². The average Bonchev–Trinajstić information content (AvgIpc) is 3.93. The molecule has 1 aliphatic carbocycles. The van der Waals surface area contributed by atoms with Crippen LogP contribution in [0, 0.1) is 44.4 Å². The number of aromatic nitrogens is 3. The van der Waals surface area contributed by atoms with Gasteiger partial charge in [-0.3, -0.25) is 14.4 Å². The molecule has 6 rings (SSSR count). The molecule has 9 heteroatoms. The number of hydrogen-bond donors (Lipinski definition) is 4. The number of carbonyl (C=O) groups is 3. The molecule has 4 N–H and O–H groups in total. The number of methoxy groups -OCH3 is 1. The highest BCUT2D eigenvalue weighted by molar-refractivity contribution is 6.24. The largest absolute Gasteiger partial charge is 0.468 e. The third-order valence-electron chi connectivity index (χ3n) is 12.7. The summed E-state index contributed by atoms with van der Waals surface area (Å²) in [5.41, 5.74) is 12.5. The molecule has 0 saturated carbocycles. The zero-order valence-corrected chi connectivity index (χ0v) is 35.5. The highest BCUT2D eigenvalue weighted by Crippen LogP contribution is 2.48. The van der Waals surface area contributed by atoms with Crippen LogP contribution in [0.3, 0.4) is 0 Å². The lowest BCUT2D eigenvalue weighted by Crippen LogP contribution is -2.25. The van der Waals surface area contributed by atoms with E-state index >= 15 is 0 Å². The van der Waals surface area contributed by atoms with Crippen LogP contribution in [0.25, 0.3) is 29.9 Å². The molecule has 1 fully saturated rings. The first kappa shape index (κ1) is 41.6. The molecule has 3 aromatic rings. The van der Waals surface area contributed by atoms with E-state index in [1.54, 1.807) is 0 Å². The zero-order chi connectivity index (χ0) is 41.1. The normalized spacial score (nSPS) is 22.5. The van der Waals surface area contributed by atoms with Crippen LogP contribution in [-0.4, -0.2) is 46.4 Å². The minimum absolute atomic E-state index is 0.0837. The third-order valence-corrected chi connectivity index (χ3v) is 12.7. The van der Waals surface area contributed by atoms with Crippen LogP contribution in [0.15, 0.2) is 29.6 Å². The number of unbranched alkanes of at least 4 members (excludes halogenated alkanes) is 1. The van der Waals surface area contributed by atoms with Gasteiger partial charge in [-0.25, -0.2) is 0 Å². The summed E-state index contributed by atoms with van der Waals surface area (Å²) < 4.78 is 11.0. The number of rotatable bonds is 15. The van der Waals surface area contributed by atoms with Gasteiger partial charge in [0.05, 0.1) is 12.8 Å². The lowest BCUT2D eigenvalue weighted by molar-refractivity contribution is -0.143. The quantitative estimate of drug-likeness (QED) is 0.0696. The second kappa shape index (κ2) is 17.6. The zero-order valence-electron chi connectivity index (χ0n) is 35.5. The van der Waals surface area contributed by atoms with Crippen LogP contribution in [0.4, 0.5) is 0 Å². The first-order valence-corrected chi connectivity index (χ1v) is 21.0. The Hall–Kier alpha value is -5.05. The molecule has 0 aromatic carbocycles. The van der Waals surface area contributed by atoms with Gasteiger partial charge in [-0.1, -0.05) is 71.6 Å². The Bertz CT molecular complexity index is 2290. The molecule has 5 heterocycles. The molecule has 9 nitrogen and oxygen atoms in total. The van der Waals surface area contributed by atoms with Crippen molar-refractivity contribution < 1.29 is 23.9 Å². The smallest absolute Gasteiger partial charge is 0.321 e. The minimum Gasteiger partial charge on any atom is -0.468 e. The fraction of sp³-hybridized carbons (Fsp3) is 0.479. The number of carbonyl (C=O) groups excluding carboxylic acids is 3. The molecule has 1 saturated heterocycles. The summed E-state index contributed by atoms with van der Waals surface area (Å²) in [6.07, 6.45) is 18.8. The molecule has 57 heavy (non-hydrogen) atoms. The summed E-state index contributed by atoms with van der Waals surface area (Å²) in [6, 6.07) is 0. The molecule has 0 spiro atoms. The molecule has 4 atom stereocenters. The van der Waals surface area contributed by atoms with Gasteiger partial charge in [0.1, 0.15) is 12.5 Å². The lowest BCUT2D eigenvalue weighted by Gasteiger charge is -2.19. The van der Waals surface area contributed by atoms with Gasteiger partial charge in [0.2, 0.25) is 0 Å². The molecule has 8 bridgehead atoms. The Balaban J connectivity index is 1.39. The summed E-state index contributed by atoms with van der Waals surface area (Å²) in [5.74, 6) is -1.88. The van der Waals surface area contributed by atoms with Crippen molar-refractivity contribution in [2.45, 2.75) is 113 Å². The number of Topliss-reactive ketones (excluding diaryl/α,β-unsaturated/α-hetero) is 1. The van der Waals surface area contributed by atoms with Crippen LogP contribution in [0.2, 0.25) is 0 Å². The molecular weight excluding hydrogens is 713 g/mol. The van der Waals surface area contributed by atoms with E-state index < -0.39 is 11.9 Å². The van der Waals surface area contributed by atoms with Gasteiger partial charge >= 0.3 is 11.9 Å². The monoisotopic (exact) mass is 774 g/mol. The molecule has 3 aromatic heterocycles. The van der Waals surface area contributed by atoms with Gasteiger partial charge in [-0.15, -0.1) is 0 Å². The van der Waals surface area contributed by atoms with Crippen LogP contribution < -0.4 is 16.0 Å². The van der Waals surface area contributed by atoms with Crippen molar-refractivity contribution >= 4 is 47.6 Å². The van der Waals surface area contributed by atoms with Crippen molar-refractivity contribution in [2.24, 2.45) is 23.7 Å². The van der Waals surface area contributed by atoms with Gasteiger partial charge in [0.25, 0.3) is 0 Å². The van der Waals surface area contributed by atoms with E-state index in [9.17, 15) is 14.4 Å². The minimum atomic E-state index is -1.14. The number of ether oxygens (including phenoxy) is 2. The maximum Gasteiger partial charge on any atom is 0.321 e. The Morgan fingerprint density at radius 2 is 1.65 bits per heavy atom. The number of aromatic amines is 3. The van der Waals surface area contributed by atoms with Crippen molar-refractivity contribution in [1.82, 2.24) is 20.3 Å². The standard InChI is InChI=1S/C48H62N4O5/c1-11-14-16-26(4)17-15-18-27(5)21-22-57-41(53)20-19-34-30(8)37-23-35-28(6)32(12-2)39(49-35)24-36-29(7)33(13-3)40(50-36)25-38-31(9)42-46(52-38)43(45(34)51-37)44(47(42)54)48(55)56-10/h12,21,23-26,30,34,44,49-52H,2,11,13-20,22H2,1,3-10H3/b27-21-,36-24-,37-23-,40-25-,45-43-/t26-,30+,34+,44-/m1/s1. The van der Waals surface area contributed by atoms with E-state index in [2.05, 4.69) is 93.5 Å². The maximum absolute atomic E-state index is 14.3. The number of nitrogens with one attached hydrogen (secondary N) is 4. The second-order valence-corrected chi connectivity index (χ2v) is 16.5. The van der Waals surface area contributed by atoms with Gasteiger partial charge in [-0.05, 0) is 106 Å². The van der Waals surface area contributed by atoms with E-state index in [-0.39, 0.29) is 36.6 Å². The number of esters is 2. The second-order valence-electron chi connectivity index (χ2n) is 16.5. The van der Waals surface area contributed by atoms with Crippen molar-refractivity contribution in [3.05, 3.63) is 96.5 Å². The Kier molecular flexibility index (Phi) is 12.8. The topological polar surface area (TPSA) is 129 Å². The van der Waals surface area contributed by atoms with Crippen molar-refractivity contribution in [3.8, 4) is 0 Å². The Morgan fingerprint density at radius 3 is 2.35 bits per heavy atom. The average molecular weight is 775 g/mol. The van der Waals surface area contributed by atoms with E-state index in [4.69, 9.17) is 9.47 Å². The highest BCUT2D eigenvalue weighted by Gasteiger charge is 2.48. The molecule has 304 valence electrons. The number of ketones is 1. The fourth-order valence-corrected chi connectivity index (χ4v) is 9.15. The van der Waals surface area contributed by atoms with Gasteiger partial charge < -0.3 is 29.7 Å². The van der Waals surface area contributed by atoms with Crippen LogP contribution in [0.1, 0.15) is 147 Å². The van der Waals surface area contributed by atoms with Crippen LogP contribution >= 0.6 is 0 Å². The predicted molar refractivity (Wildman–Crippen MR) is 229 cm³/mol. The molecule has 0 radical (unpaired) electrons. The summed E-state index contributed by atoms with van der Waals surface area (Å²) in [4.78, 5) is 52.1. The number of H-pyrrole nitrogens is 3. The van der Waals surface area contributed by atoms with E-state index in [0.717, 1.165) is 86.6 Å². The van der Waals surface area contributed by atoms with Gasteiger partial charge in [-0.2, -0.15) is 0 Å². The first-order valence-electron chi connectivity index (χ1n) is 21.0. The van der Waals surface area contributed by atoms with Crippen LogP contribution in [0.5, 0.6) is 0 Å². The predicted octanol–water partition coefficient (Wildman–Crippen LogP) is 8.63. The summed E-state index contributed by atoms with van der Waals surface area (Å²) >= 11 is 0.